The molecular weight excluding hydrogens is 330 g/mol. The van der Waals surface area contributed by atoms with E-state index in [1.54, 1.807) is 4.90 Å². The molecule has 0 bridgehead atoms. The molecule has 2 heterocycles. The average molecular weight is 359 g/mol. The summed E-state index contributed by atoms with van der Waals surface area (Å²) >= 11 is 0. The molecular formula is C20H29N3O3. The second-order valence-electron chi connectivity index (χ2n) is 8.10. The first-order valence-corrected chi connectivity index (χ1v) is 9.22. The molecule has 0 aromatic heterocycles. The van der Waals surface area contributed by atoms with Crippen LogP contribution in [-0.4, -0.2) is 66.5 Å². The minimum Gasteiger partial charge on any atom is -0.444 e. The van der Waals surface area contributed by atoms with Gasteiger partial charge in [0, 0.05) is 32.4 Å². The summed E-state index contributed by atoms with van der Waals surface area (Å²) in [6.45, 7) is 11.3. The minimum atomic E-state index is -0.472. The van der Waals surface area contributed by atoms with E-state index in [0.29, 0.717) is 19.7 Å². The Morgan fingerprint density at radius 3 is 2.77 bits per heavy atom. The molecule has 2 atom stereocenters. The molecule has 1 N–H and O–H groups in total. The molecule has 1 aromatic carbocycles. The lowest BCUT2D eigenvalue weighted by Crippen LogP contribution is -2.60. The second-order valence-corrected chi connectivity index (χ2v) is 8.10. The van der Waals surface area contributed by atoms with Crippen LogP contribution in [0.3, 0.4) is 0 Å². The molecule has 1 aromatic rings. The molecule has 2 unspecified atom stereocenters. The van der Waals surface area contributed by atoms with Gasteiger partial charge in [-0.2, -0.15) is 0 Å². The number of amides is 1. The number of hydrogen-bond acceptors (Lipinski definition) is 5. The van der Waals surface area contributed by atoms with Crippen molar-refractivity contribution in [3.05, 3.63) is 34.9 Å². The number of nitrogens with zero attached hydrogens (tertiary/aromatic N) is 2. The molecule has 0 aliphatic carbocycles. The Kier molecular flexibility index (Phi) is 5.34. The van der Waals surface area contributed by atoms with Crippen LogP contribution in [-0.2, 0) is 9.47 Å². The number of morpholine rings is 1. The van der Waals surface area contributed by atoms with E-state index >= 15 is 0 Å². The third-order valence-electron chi connectivity index (χ3n) is 5.07. The van der Waals surface area contributed by atoms with E-state index in [1.807, 2.05) is 39.8 Å². The number of hydrogen-bond donors (Lipinski definition) is 1. The van der Waals surface area contributed by atoms with Gasteiger partial charge in [-0.3, -0.25) is 4.90 Å². The molecule has 6 heteroatoms. The second kappa shape index (κ2) is 7.37. The third kappa shape index (κ3) is 4.07. The highest BCUT2D eigenvalue weighted by Gasteiger charge is 2.37. The highest BCUT2D eigenvalue weighted by molar-refractivity contribution is 5.79. The Labute approximate surface area is 155 Å². The Morgan fingerprint density at radius 2 is 2.08 bits per heavy atom. The topological polar surface area (TPSA) is 65.9 Å². The summed E-state index contributed by atoms with van der Waals surface area (Å²) in [7, 11) is 0. The van der Waals surface area contributed by atoms with Gasteiger partial charge in [0.15, 0.2) is 0 Å². The molecule has 2 saturated heterocycles. The summed E-state index contributed by atoms with van der Waals surface area (Å²) < 4.78 is 11.6. The summed E-state index contributed by atoms with van der Waals surface area (Å²) in [5, 5.41) is 7.54. The SMILES string of the molecule is Cc1c(C=N)cccc1C1CN2CCN(C(=O)OC(C)(C)C)CC2CO1. The van der Waals surface area contributed by atoms with Gasteiger partial charge in [0.2, 0.25) is 0 Å². The molecule has 142 valence electrons. The highest BCUT2D eigenvalue weighted by atomic mass is 16.6. The van der Waals surface area contributed by atoms with E-state index < -0.39 is 5.60 Å². The van der Waals surface area contributed by atoms with Gasteiger partial charge in [0.05, 0.1) is 18.8 Å². The number of piperazine rings is 1. The van der Waals surface area contributed by atoms with Gasteiger partial charge in [-0.1, -0.05) is 18.2 Å². The van der Waals surface area contributed by atoms with Crippen LogP contribution in [0.2, 0.25) is 0 Å². The van der Waals surface area contributed by atoms with Gasteiger partial charge >= 0.3 is 6.09 Å². The molecule has 3 rings (SSSR count). The lowest BCUT2D eigenvalue weighted by Gasteiger charge is -2.46. The van der Waals surface area contributed by atoms with Gasteiger partial charge in [0.25, 0.3) is 0 Å². The van der Waals surface area contributed by atoms with Crippen molar-refractivity contribution in [2.24, 2.45) is 0 Å². The molecule has 6 nitrogen and oxygen atoms in total. The Hall–Kier alpha value is -1.92. The largest absolute Gasteiger partial charge is 0.444 e. The van der Waals surface area contributed by atoms with Crippen LogP contribution in [0.4, 0.5) is 4.79 Å². The van der Waals surface area contributed by atoms with E-state index in [0.717, 1.165) is 29.8 Å². The number of nitrogens with one attached hydrogen (secondary N) is 1. The van der Waals surface area contributed by atoms with Crippen LogP contribution in [0.25, 0.3) is 0 Å². The summed E-state index contributed by atoms with van der Waals surface area (Å²) in [4.78, 5) is 16.5. The van der Waals surface area contributed by atoms with Gasteiger partial charge in [-0.25, -0.2) is 4.79 Å². The van der Waals surface area contributed by atoms with E-state index in [-0.39, 0.29) is 18.2 Å². The number of ether oxygens (including phenoxy) is 2. The molecule has 0 saturated carbocycles. The molecule has 26 heavy (non-hydrogen) atoms. The first-order valence-electron chi connectivity index (χ1n) is 9.22. The van der Waals surface area contributed by atoms with Crippen LogP contribution in [0, 0.1) is 12.3 Å². The van der Waals surface area contributed by atoms with Crippen LogP contribution in [0.15, 0.2) is 18.2 Å². The van der Waals surface area contributed by atoms with E-state index in [4.69, 9.17) is 14.9 Å². The van der Waals surface area contributed by atoms with Gasteiger partial charge < -0.3 is 19.8 Å². The van der Waals surface area contributed by atoms with Crippen LogP contribution in [0.1, 0.15) is 43.6 Å². The van der Waals surface area contributed by atoms with Crippen LogP contribution in [0.5, 0.6) is 0 Å². The third-order valence-corrected chi connectivity index (χ3v) is 5.07. The van der Waals surface area contributed by atoms with Crippen molar-refractivity contribution >= 4 is 12.3 Å². The predicted octanol–water partition coefficient (Wildman–Crippen LogP) is 2.99. The normalized spacial score (nSPS) is 24.1. The smallest absolute Gasteiger partial charge is 0.410 e. The van der Waals surface area contributed by atoms with Gasteiger partial charge in [0.1, 0.15) is 5.60 Å². The maximum atomic E-state index is 12.3. The highest BCUT2D eigenvalue weighted by Crippen LogP contribution is 2.30. The fourth-order valence-electron chi connectivity index (χ4n) is 3.64. The number of rotatable bonds is 2. The van der Waals surface area contributed by atoms with Crippen molar-refractivity contribution in [1.82, 2.24) is 9.80 Å². The van der Waals surface area contributed by atoms with Crippen molar-refractivity contribution in [2.45, 2.75) is 45.4 Å². The lowest BCUT2D eigenvalue weighted by molar-refractivity contribution is -0.0908. The minimum absolute atomic E-state index is 0.0132. The van der Waals surface area contributed by atoms with Gasteiger partial charge in [-0.15, -0.1) is 0 Å². The molecule has 2 fully saturated rings. The summed E-state index contributed by atoms with van der Waals surface area (Å²) in [6, 6.07) is 6.23. The van der Waals surface area contributed by atoms with E-state index in [1.165, 1.54) is 6.21 Å². The van der Waals surface area contributed by atoms with E-state index in [9.17, 15) is 4.79 Å². The van der Waals surface area contributed by atoms with Crippen molar-refractivity contribution in [1.29, 1.82) is 5.41 Å². The van der Waals surface area contributed by atoms with Gasteiger partial charge in [-0.05, 0) is 44.4 Å². The number of benzene rings is 1. The Balaban J connectivity index is 1.64. The summed E-state index contributed by atoms with van der Waals surface area (Å²) in [5.74, 6) is 0. The number of carbonyl (C=O) groups excluding carboxylic acids is 1. The molecule has 1 amide bonds. The lowest BCUT2D eigenvalue weighted by atomic mass is 9.96. The van der Waals surface area contributed by atoms with E-state index in [2.05, 4.69) is 11.0 Å². The van der Waals surface area contributed by atoms with Crippen molar-refractivity contribution in [3.8, 4) is 0 Å². The summed E-state index contributed by atoms with van der Waals surface area (Å²) in [5.41, 5.74) is 2.72. The number of carbonyl (C=O) groups is 1. The maximum absolute atomic E-state index is 12.3. The standard InChI is InChI=1S/C20H29N3O3/c1-14-15(10-21)6-5-7-17(14)18-12-22-8-9-23(11-16(22)13-25-18)19(24)26-20(2,3)4/h5-7,10,16,18,21H,8-9,11-13H2,1-4H3. The van der Waals surface area contributed by atoms with Crippen LogP contribution >= 0.6 is 0 Å². The van der Waals surface area contributed by atoms with Crippen molar-refractivity contribution in [3.63, 3.8) is 0 Å². The zero-order chi connectivity index (χ0) is 18.9. The first kappa shape index (κ1) is 18.9. The predicted molar refractivity (Wildman–Crippen MR) is 101 cm³/mol. The maximum Gasteiger partial charge on any atom is 0.410 e. The van der Waals surface area contributed by atoms with Crippen LogP contribution < -0.4 is 0 Å². The fourth-order valence-corrected chi connectivity index (χ4v) is 3.64. The quantitative estimate of drug-likeness (QED) is 0.825. The molecule has 0 radical (unpaired) electrons. The zero-order valence-corrected chi connectivity index (χ0v) is 16.1. The first-order chi connectivity index (χ1) is 12.3. The van der Waals surface area contributed by atoms with Crippen molar-refractivity contribution in [2.75, 3.05) is 32.8 Å². The zero-order valence-electron chi connectivity index (χ0n) is 16.1. The van der Waals surface area contributed by atoms with Crippen molar-refractivity contribution < 1.29 is 14.3 Å². The monoisotopic (exact) mass is 359 g/mol. The molecule has 2 aliphatic rings. The molecule has 2 aliphatic heterocycles. The molecule has 0 spiro atoms. The summed E-state index contributed by atoms with van der Waals surface area (Å²) in [6.07, 6.45) is 1.16. The average Bonchev–Trinajstić information content (AvgIpc) is 2.59. The Bertz CT molecular complexity index is 683. The number of fused-ring (bicyclic) bond motifs is 1. The Morgan fingerprint density at radius 1 is 1.31 bits per heavy atom. The fraction of sp³-hybridized carbons (Fsp3) is 0.600.